The van der Waals surface area contributed by atoms with E-state index in [0.717, 1.165) is 0 Å². The van der Waals surface area contributed by atoms with Gasteiger partial charge in [0.25, 0.3) is 5.91 Å². The smallest absolute Gasteiger partial charge is 0.340 e. The molecule has 0 aliphatic carbocycles. The topological polar surface area (TPSA) is 64.6 Å². The highest BCUT2D eigenvalue weighted by Crippen LogP contribution is 2.20. The monoisotopic (exact) mass is 345 g/mol. The van der Waals surface area contributed by atoms with Crippen molar-refractivity contribution in [2.45, 2.75) is 26.4 Å². The molecule has 0 aromatic heterocycles. The number of ether oxygens (including phenoxy) is 2. The first-order chi connectivity index (χ1) is 12.1. The van der Waals surface area contributed by atoms with E-state index in [4.69, 9.17) is 9.47 Å². The molecule has 0 unspecified atom stereocenters. The van der Waals surface area contributed by atoms with Gasteiger partial charge in [-0.3, -0.25) is 4.79 Å². The molecule has 1 N–H and O–H groups in total. The molecule has 0 saturated heterocycles. The quantitative estimate of drug-likeness (QED) is 0.775. The highest BCUT2D eigenvalue weighted by molar-refractivity contribution is 6.02. The van der Waals surface area contributed by atoms with Crippen LogP contribution in [-0.2, 0) is 9.53 Å². The van der Waals surface area contributed by atoms with E-state index < -0.39 is 23.8 Å². The fourth-order valence-corrected chi connectivity index (χ4v) is 2.21. The molecule has 1 atom stereocenters. The van der Waals surface area contributed by atoms with E-state index in [1.807, 2.05) is 0 Å². The standard InChI is InChI=1S/C19H20FNO4/c1-3-16(25-17-12-8-6-10-14(17)20)18(22)21-15-11-7-5-9-13(15)19(23)24-4-2/h5-12,16H,3-4H2,1-2H3,(H,21,22)/t16-/m0/s1. The number of carbonyl (C=O) groups is 2. The Morgan fingerprint density at radius 1 is 1.08 bits per heavy atom. The number of halogens is 1. The first kappa shape index (κ1) is 18.4. The third-order valence-electron chi connectivity index (χ3n) is 3.45. The molecule has 132 valence electrons. The van der Waals surface area contributed by atoms with Crippen molar-refractivity contribution < 1.29 is 23.5 Å². The first-order valence-electron chi connectivity index (χ1n) is 8.05. The largest absolute Gasteiger partial charge is 0.478 e. The minimum Gasteiger partial charge on any atom is -0.478 e. The summed E-state index contributed by atoms with van der Waals surface area (Å²) in [6.45, 7) is 3.69. The van der Waals surface area contributed by atoms with E-state index >= 15 is 0 Å². The van der Waals surface area contributed by atoms with Crippen molar-refractivity contribution in [3.05, 3.63) is 59.9 Å². The van der Waals surface area contributed by atoms with E-state index in [1.54, 1.807) is 50.2 Å². The molecule has 2 rings (SSSR count). The summed E-state index contributed by atoms with van der Waals surface area (Å²) in [5, 5.41) is 2.65. The van der Waals surface area contributed by atoms with E-state index in [2.05, 4.69) is 5.32 Å². The summed E-state index contributed by atoms with van der Waals surface area (Å²) in [6, 6.07) is 12.4. The zero-order chi connectivity index (χ0) is 18.2. The Morgan fingerprint density at radius 3 is 2.44 bits per heavy atom. The summed E-state index contributed by atoms with van der Waals surface area (Å²) in [6.07, 6.45) is -0.561. The van der Waals surface area contributed by atoms with Gasteiger partial charge in [0.15, 0.2) is 17.7 Å². The lowest BCUT2D eigenvalue weighted by Gasteiger charge is -2.18. The number of benzene rings is 2. The number of para-hydroxylation sites is 2. The average molecular weight is 345 g/mol. The molecule has 0 heterocycles. The lowest BCUT2D eigenvalue weighted by molar-refractivity contribution is -0.122. The van der Waals surface area contributed by atoms with Crippen LogP contribution in [0.15, 0.2) is 48.5 Å². The van der Waals surface area contributed by atoms with Crippen LogP contribution in [0.1, 0.15) is 30.6 Å². The van der Waals surface area contributed by atoms with E-state index in [9.17, 15) is 14.0 Å². The Morgan fingerprint density at radius 2 is 1.76 bits per heavy atom. The van der Waals surface area contributed by atoms with Crippen LogP contribution >= 0.6 is 0 Å². The molecule has 0 saturated carbocycles. The SMILES string of the molecule is CCOC(=O)c1ccccc1NC(=O)[C@H](CC)Oc1ccccc1F. The number of hydrogen-bond donors (Lipinski definition) is 1. The van der Waals surface area contributed by atoms with E-state index in [-0.39, 0.29) is 17.9 Å². The Kier molecular flexibility index (Phi) is 6.51. The van der Waals surface area contributed by atoms with Gasteiger partial charge in [-0.15, -0.1) is 0 Å². The maximum absolute atomic E-state index is 13.7. The van der Waals surface area contributed by atoms with Gasteiger partial charge in [-0.2, -0.15) is 0 Å². The van der Waals surface area contributed by atoms with Crippen molar-refractivity contribution >= 4 is 17.6 Å². The number of anilines is 1. The fraction of sp³-hybridized carbons (Fsp3) is 0.263. The molecular formula is C19H20FNO4. The molecule has 1 amide bonds. The van der Waals surface area contributed by atoms with Gasteiger partial charge in [-0.1, -0.05) is 31.2 Å². The van der Waals surface area contributed by atoms with Gasteiger partial charge >= 0.3 is 5.97 Å². The maximum Gasteiger partial charge on any atom is 0.340 e. The lowest BCUT2D eigenvalue weighted by atomic mass is 10.1. The second-order valence-electron chi connectivity index (χ2n) is 5.20. The van der Waals surface area contributed by atoms with Gasteiger partial charge < -0.3 is 14.8 Å². The molecule has 0 aliphatic rings. The number of amides is 1. The van der Waals surface area contributed by atoms with Crippen LogP contribution in [0.2, 0.25) is 0 Å². The molecule has 5 nitrogen and oxygen atoms in total. The molecule has 0 bridgehead atoms. The zero-order valence-corrected chi connectivity index (χ0v) is 14.1. The summed E-state index contributed by atoms with van der Waals surface area (Å²) < 4.78 is 24.2. The second kappa shape index (κ2) is 8.82. The Labute approximate surface area is 145 Å². The highest BCUT2D eigenvalue weighted by atomic mass is 19.1. The third kappa shape index (κ3) is 4.79. The van der Waals surface area contributed by atoms with Crippen molar-refractivity contribution in [1.82, 2.24) is 0 Å². The van der Waals surface area contributed by atoms with Gasteiger partial charge in [-0.05, 0) is 37.6 Å². The number of hydrogen-bond acceptors (Lipinski definition) is 4. The molecule has 2 aromatic rings. The average Bonchev–Trinajstić information content (AvgIpc) is 2.61. The minimum absolute atomic E-state index is 0.00294. The lowest BCUT2D eigenvalue weighted by Crippen LogP contribution is -2.33. The summed E-state index contributed by atoms with van der Waals surface area (Å²) in [5.74, 6) is -1.53. The number of nitrogens with one attached hydrogen (secondary N) is 1. The Bertz CT molecular complexity index is 748. The van der Waals surface area contributed by atoms with Gasteiger partial charge in [0.1, 0.15) is 0 Å². The Balaban J connectivity index is 2.15. The van der Waals surface area contributed by atoms with E-state index in [1.165, 1.54) is 12.1 Å². The number of esters is 1. The minimum atomic E-state index is -0.896. The van der Waals surface area contributed by atoms with Crippen LogP contribution in [0.4, 0.5) is 10.1 Å². The van der Waals surface area contributed by atoms with Crippen molar-refractivity contribution in [3.63, 3.8) is 0 Å². The van der Waals surface area contributed by atoms with Gasteiger partial charge in [0.05, 0.1) is 17.9 Å². The molecule has 0 spiro atoms. The predicted octanol–water partition coefficient (Wildman–Crippen LogP) is 3.80. The van der Waals surface area contributed by atoms with Crippen molar-refractivity contribution in [2.75, 3.05) is 11.9 Å². The van der Waals surface area contributed by atoms with Crippen molar-refractivity contribution in [1.29, 1.82) is 0 Å². The molecule has 0 aliphatic heterocycles. The van der Waals surface area contributed by atoms with Crippen LogP contribution in [0.25, 0.3) is 0 Å². The fourth-order valence-electron chi connectivity index (χ4n) is 2.21. The number of carbonyl (C=O) groups excluding carboxylic acids is 2. The third-order valence-corrected chi connectivity index (χ3v) is 3.45. The second-order valence-corrected chi connectivity index (χ2v) is 5.20. The van der Waals surface area contributed by atoms with Crippen LogP contribution in [0.3, 0.4) is 0 Å². The summed E-state index contributed by atoms with van der Waals surface area (Å²) in [5.41, 5.74) is 0.569. The molecule has 2 aromatic carbocycles. The van der Waals surface area contributed by atoms with Crippen molar-refractivity contribution in [2.24, 2.45) is 0 Å². The van der Waals surface area contributed by atoms with Gasteiger partial charge in [0.2, 0.25) is 0 Å². The molecule has 25 heavy (non-hydrogen) atoms. The first-order valence-corrected chi connectivity index (χ1v) is 8.05. The van der Waals surface area contributed by atoms with Crippen molar-refractivity contribution in [3.8, 4) is 5.75 Å². The highest BCUT2D eigenvalue weighted by Gasteiger charge is 2.22. The van der Waals surface area contributed by atoms with Gasteiger partial charge in [0, 0.05) is 0 Å². The molecule has 6 heteroatoms. The van der Waals surface area contributed by atoms with Gasteiger partial charge in [-0.25, -0.2) is 9.18 Å². The maximum atomic E-state index is 13.7. The van der Waals surface area contributed by atoms with E-state index in [0.29, 0.717) is 12.1 Å². The Hall–Kier alpha value is -2.89. The molecular weight excluding hydrogens is 325 g/mol. The summed E-state index contributed by atoms with van der Waals surface area (Å²) in [7, 11) is 0. The van der Waals surface area contributed by atoms with Crippen LogP contribution < -0.4 is 10.1 Å². The molecule has 0 radical (unpaired) electrons. The molecule has 0 fully saturated rings. The van der Waals surface area contributed by atoms with Crippen LogP contribution in [0, 0.1) is 5.82 Å². The number of rotatable bonds is 7. The summed E-state index contributed by atoms with van der Waals surface area (Å²) in [4.78, 5) is 24.4. The predicted molar refractivity (Wildman–Crippen MR) is 92.1 cm³/mol. The zero-order valence-electron chi connectivity index (χ0n) is 14.1. The van der Waals surface area contributed by atoms with Crippen LogP contribution in [0.5, 0.6) is 5.75 Å². The normalized spacial score (nSPS) is 11.5. The summed E-state index contributed by atoms with van der Waals surface area (Å²) >= 11 is 0. The van der Waals surface area contributed by atoms with Crippen LogP contribution in [-0.4, -0.2) is 24.6 Å².